The van der Waals surface area contributed by atoms with Crippen LogP contribution in [-0.4, -0.2) is 48.7 Å². The normalized spacial score (nSPS) is 13.2. The zero-order valence-corrected chi connectivity index (χ0v) is 14.5. The predicted molar refractivity (Wildman–Crippen MR) is 93.5 cm³/mol. The maximum Gasteiger partial charge on any atom is 0.237 e. The fourth-order valence-corrected chi connectivity index (χ4v) is 4.05. The molecule has 23 heavy (non-hydrogen) atoms. The molecular weight excluding hydrogens is 332 g/mol. The molecule has 0 spiro atoms. The molecular formula is C15H18N4O2S2. The van der Waals surface area contributed by atoms with E-state index in [0.29, 0.717) is 18.9 Å². The molecule has 0 atom stereocenters. The Morgan fingerprint density at radius 2 is 2.30 bits per heavy atom. The summed E-state index contributed by atoms with van der Waals surface area (Å²) < 4.78 is 5.77. The summed E-state index contributed by atoms with van der Waals surface area (Å²) in [6, 6.07) is 8.08. The summed E-state index contributed by atoms with van der Waals surface area (Å²) in [4.78, 5) is 14.3. The molecule has 1 N–H and O–H groups in total. The summed E-state index contributed by atoms with van der Waals surface area (Å²) in [5.41, 5.74) is 2.28. The van der Waals surface area contributed by atoms with Gasteiger partial charge in [-0.05, 0) is 18.1 Å². The number of hydrogen-bond acceptors (Lipinski definition) is 7. The number of ether oxygens (including phenoxy) is 1. The van der Waals surface area contributed by atoms with Crippen LogP contribution in [0.15, 0.2) is 28.6 Å². The molecule has 0 aliphatic carbocycles. The maximum atomic E-state index is 12.4. The molecule has 1 aliphatic heterocycles. The van der Waals surface area contributed by atoms with Crippen molar-refractivity contribution < 1.29 is 9.53 Å². The van der Waals surface area contributed by atoms with E-state index in [1.807, 2.05) is 23.1 Å². The highest BCUT2D eigenvalue weighted by molar-refractivity contribution is 8.01. The first-order valence-electron chi connectivity index (χ1n) is 7.35. The first kappa shape index (κ1) is 16.2. The lowest BCUT2D eigenvalue weighted by Gasteiger charge is -2.16. The second kappa shape index (κ2) is 7.76. The van der Waals surface area contributed by atoms with E-state index in [4.69, 9.17) is 4.74 Å². The van der Waals surface area contributed by atoms with Crippen molar-refractivity contribution in [2.24, 2.45) is 0 Å². The van der Waals surface area contributed by atoms with Crippen LogP contribution in [0.3, 0.4) is 0 Å². The Hall–Kier alpha value is -1.64. The van der Waals surface area contributed by atoms with E-state index in [1.165, 1.54) is 28.7 Å². The number of para-hydroxylation sites is 1. The summed E-state index contributed by atoms with van der Waals surface area (Å²) >= 11 is 2.89. The molecule has 6 nitrogen and oxygen atoms in total. The zero-order valence-electron chi connectivity index (χ0n) is 12.8. The molecule has 0 radical (unpaired) electrons. The number of methoxy groups -OCH3 is 1. The van der Waals surface area contributed by atoms with Crippen molar-refractivity contribution in [3.8, 4) is 0 Å². The average Bonchev–Trinajstić information content (AvgIpc) is 3.20. The maximum absolute atomic E-state index is 12.4. The SMILES string of the molecule is COCCNc1nnc(SCC(=O)N2CCc3ccccc32)s1. The van der Waals surface area contributed by atoms with Crippen molar-refractivity contribution in [3.63, 3.8) is 0 Å². The van der Waals surface area contributed by atoms with Crippen LogP contribution in [0.2, 0.25) is 0 Å². The molecule has 1 aliphatic rings. The molecule has 0 saturated heterocycles. The van der Waals surface area contributed by atoms with Crippen LogP contribution in [0.1, 0.15) is 5.56 Å². The Bertz CT molecular complexity index is 677. The Kier molecular flexibility index (Phi) is 5.47. The number of nitrogens with zero attached hydrogens (tertiary/aromatic N) is 3. The highest BCUT2D eigenvalue weighted by Gasteiger charge is 2.24. The number of anilines is 2. The van der Waals surface area contributed by atoms with Gasteiger partial charge >= 0.3 is 0 Å². The van der Waals surface area contributed by atoms with Gasteiger partial charge in [0.25, 0.3) is 0 Å². The van der Waals surface area contributed by atoms with E-state index in [-0.39, 0.29) is 5.91 Å². The minimum absolute atomic E-state index is 0.115. The fourth-order valence-electron chi connectivity index (χ4n) is 2.40. The van der Waals surface area contributed by atoms with E-state index in [2.05, 4.69) is 21.6 Å². The van der Waals surface area contributed by atoms with Gasteiger partial charge in [-0.25, -0.2) is 0 Å². The van der Waals surface area contributed by atoms with Crippen molar-refractivity contribution >= 4 is 39.8 Å². The van der Waals surface area contributed by atoms with E-state index in [0.717, 1.165) is 28.1 Å². The Balaban J connectivity index is 1.52. The molecule has 3 rings (SSSR count). The summed E-state index contributed by atoms with van der Waals surface area (Å²) in [6.45, 7) is 2.08. The van der Waals surface area contributed by atoms with Crippen molar-refractivity contribution in [3.05, 3.63) is 29.8 Å². The van der Waals surface area contributed by atoms with Crippen LogP contribution in [0.5, 0.6) is 0 Å². The monoisotopic (exact) mass is 350 g/mol. The minimum atomic E-state index is 0.115. The van der Waals surface area contributed by atoms with Gasteiger partial charge in [0.15, 0.2) is 4.34 Å². The van der Waals surface area contributed by atoms with Gasteiger partial charge in [0.1, 0.15) is 0 Å². The van der Waals surface area contributed by atoms with Crippen molar-refractivity contribution in [1.29, 1.82) is 0 Å². The molecule has 1 aromatic carbocycles. The standard InChI is InChI=1S/C15H18N4O2S2/c1-21-9-7-16-14-17-18-15(23-14)22-10-13(20)19-8-6-11-4-2-3-5-12(11)19/h2-5H,6-10H2,1H3,(H,16,17). The molecule has 1 amide bonds. The van der Waals surface area contributed by atoms with Crippen molar-refractivity contribution in [1.82, 2.24) is 10.2 Å². The number of amides is 1. The topological polar surface area (TPSA) is 67.3 Å². The lowest BCUT2D eigenvalue weighted by Crippen LogP contribution is -2.30. The molecule has 1 aromatic heterocycles. The van der Waals surface area contributed by atoms with Gasteiger partial charge in [0.2, 0.25) is 11.0 Å². The molecule has 0 fully saturated rings. The Labute approximate surface area is 143 Å². The number of hydrogen-bond donors (Lipinski definition) is 1. The lowest BCUT2D eigenvalue weighted by molar-refractivity contribution is -0.116. The van der Waals surface area contributed by atoms with Crippen molar-refractivity contribution in [2.75, 3.05) is 42.8 Å². The quantitative estimate of drug-likeness (QED) is 0.610. The second-order valence-corrected chi connectivity index (χ2v) is 7.21. The smallest absolute Gasteiger partial charge is 0.237 e. The van der Waals surface area contributed by atoms with Gasteiger partial charge in [-0.2, -0.15) is 0 Å². The first-order valence-corrected chi connectivity index (χ1v) is 9.15. The lowest BCUT2D eigenvalue weighted by atomic mass is 10.2. The van der Waals surface area contributed by atoms with Gasteiger partial charge in [-0.15, -0.1) is 10.2 Å². The van der Waals surface area contributed by atoms with Crippen LogP contribution in [0.4, 0.5) is 10.8 Å². The van der Waals surface area contributed by atoms with Gasteiger partial charge in [-0.1, -0.05) is 41.3 Å². The van der Waals surface area contributed by atoms with Crippen LogP contribution in [-0.2, 0) is 16.0 Å². The number of aromatic nitrogens is 2. The molecule has 0 saturated carbocycles. The predicted octanol–water partition coefficient (Wildman–Crippen LogP) is 2.28. The third-order valence-corrected chi connectivity index (χ3v) is 5.50. The van der Waals surface area contributed by atoms with E-state index in [1.54, 1.807) is 7.11 Å². The zero-order chi connectivity index (χ0) is 16.1. The molecule has 2 heterocycles. The number of carbonyl (C=O) groups is 1. The van der Waals surface area contributed by atoms with E-state index in [9.17, 15) is 4.79 Å². The number of nitrogens with one attached hydrogen (secondary N) is 1. The number of fused-ring (bicyclic) bond motifs is 1. The molecule has 8 heteroatoms. The van der Waals surface area contributed by atoms with Crippen LogP contribution in [0.25, 0.3) is 0 Å². The number of rotatable bonds is 7. The van der Waals surface area contributed by atoms with Crippen LogP contribution in [0, 0.1) is 0 Å². The third-order valence-electron chi connectivity index (χ3n) is 3.50. The van der Waals surface area contributed by atoms with Gasteiger partial charge in [-0.3, -0.25) is 4.79 Å². The summed E-state index contributed by atoms with van der Waals surface area (Å²) in [6.07, 6.45) is 0.930. The highest BCUT2D eigenvalue weighted by atomic mass is 32.2. The summed E-state index contributed by atoms with van der Waals surface area (Å²) in [5, 5.41) is 12.0. The molecule has 2 aromatic rings. The van der Waals surface area contributed by atoms with E-state index < -0.39 is 0 Å². The van der Waals surface area contributed by atoms with Crippen LogP contribution >= 0.6 is 23.1 Å². The second-order valence-electron chi connectivity index (χ2n) is 5.01. The largest absolute Gasteiger partial charge is 0.383 e. The molecule has 0 unspecified atom stereocenters. The summed E-state index contributed by atoms with van der Waals surface area (Å²) in [7, 11) is 1.66. The average molecular weight is 350 g/mol. The van der Waals surface area contributed by atoms with Gasteiger partial charge in [0.05, 0.1) is 12.4 Å². The Morgan fingerprint density at radius 3 is 3.17 bits per heavy atom. The van der Waals surface area contributed by atoms with Crippen LogP contribution < -0.4 is 10.2 Å². The summed E-state index contributed by atoms with van der Waals surface area (Å²) in [5.74, 6) is 0.491. The van der Waals surface area contributed by atoms with Crippen molar-refractivity contribution in [2.45, 2.75) is 10.8 Å². The third kappa shape index (κ3) is 4.01. The van der Waals surface area contributed by atoms with Gasteiger partial charge in [0, 0.05) is 25.9 Å². The minimum Gasteiger partial charge on any atom is -0.383 e. The fraction of sp³-hybridized carbons (Fsp3) is 0.400. The first-order chi connectivity index (χ1) is 11.3. The number of carbonyl (C=O) groups excluding carboxylic acids is 1. The molecule has 122 valence electrons. The van der Waals surface area contributed by atoms with Gasteiger partial charge < -0.3 is 15.0 Å². The Morgan fingerprint density at radius 1 is 1.43 bits per heavy atom. The highest BCUT2D eigenvalue weighted by Crippen LogP contribution is 2.30. The number of benzene rings is 1. The molecule has 0 bridgehead atoms. The number of thioether (sulfide) groups is 1. The van der Waals surface area contributed by atoms with E-state index >= 15 is 0 Å².